The average Bonchev–Trinajstić information content (AvgIpc) is 2.95. The number of likely N-dealkylation sites (N-methyl/N-ethyl adjacent to an activating group) is 1. The van der Waals surface area contributed by atoms with Crippen molar-refractivity contribution in [1.29, 1.82) is 0 Å². The highest BCUT2D eigenvalue weighted by atomic mass is 16.5. The Bertz CT molecular complexity index is 1140. The number of aliphatic hydroxyl groups is 1. The lowest BCUT2D eigenvalue weighted by atomic mass is 9.96. The molecule has 4 rings (SSSR count). The maximum absolute atomic E-state index is 13.7. The van der Waals surface area contributed by atoms with Crippen LogP contribution in [-0.2, 0) is 6.54 Å². The SMILES string of the molecule is COc1ccc(CN(C)C[C@@H]2Oc3ccc(NC(=O)NC4CCCCC4)cc3C(=O)N([C@@H](C)CO)C[C@@H]2C)cc1. The monoisotopic (exact) mass is 552 g/mol. The van der Waals surface area contributed by atoms with Crippen molar-refractivity contribution in [2.75, 3.05) is 39.2 Å². The van der Waals surface area contributed by atoms with Crippen molar-refractivity contribution in [2.24, 2.45) is 5.92 Å². The zero-order chi connectivity index (χ0) is 28.6. The number of fused-ring (bicyclic) bond motifs is 1. The number of hydrogen-bond donors (Lipinski definition) is 3. The fourth-order valence-corrected chi connectivity index (χ4v) is 5.53. The molecule has 0 unspecified atom stereocenters. The summed E-state index contributed by atoms with van der Waals surface area (Å²) in [6.07, 6.45) is 5.26. The molecule has 3 atom stereocenters. The van der Waals surface area contributed by atoms with Crippen molar-refractivity contribution in [3.05, 3.63) is 53.6 Å². The van der Waals surface area contributed by atoms with E-state index in [0.29, 0.717) is 30.1 Å². The topological polar surface area (TPSA) is 103 Å². The van der Waals surface area contributed by atoms with Crippen LogP contribution < -0.4 is 20.1 Å². The van der Waals surface area contributed by atoms with Crippen LogP contribution in [0.5, 0.6) is 11.5 Å². The summed E-state index contributed by atoms with van der Waals surface area (Å²) in [6, 6.07) is 12.8. The normalized spacial score (nSPS) is 20.6. The number of aliphatic hydroxyl groups excluding tert-OH is 1. The second kappa shape index (κ2) is 13.9. The van der Waals surface area contributed by atoms with Gasteiger partial charge in [-0.15, -0.1) is 0 Å². The van der Waals surface area contributed by atoms with Crippen LogP contribution in [0.3, 0.4) is 0 Å². The van der Waals surface area contributed by atoms with Gasteiger partial charge in [-0.1, -0.05) is 38.3 Å². The van der Waals surface area contributed by atoms with Gasteiger partial charge in [-0.25, -0.2) is 4.79 Å². The first-order chi connectivity index (χ1) is 19.3. The van der Waals surface area contributed by atoms with E-state index in [2.05, 4.69) is 41.6 Å². The van der Waals surface area contributed by atoms with E-state index >= 15 is 0 Å². The minimum atomic E-state index is -0.357. The summed E-state index contributed by atoms with van der Waals surface area (Å²) in [5.41, 5.74) is 2.07. The Kier molecular flexibility index (Phi) is 10.3. The molecule has 2 aliphatic rings. The first-order valence-corrected chi connectivity index (χ1v) is 14.4. The molecule has 0 bridgehead atoms. The Balaban J connectivity index is 1.52. The molecule has 0 radical (unpaired) electrons. The summed E-state index contributed by atoms with van der Waals surface area (Å²) < 4.78 is 11.8. The van der Waals surface area contributed by atoms with Crippen molar-refractivity contribution >= 4 is 17.6 Å². The molecule has 3 amide bonds. The minimum absolute atomic E-state index is 0.0171. The molecular formula is C31H44N4O5. The summed E-state index contributed by atoms with van der Waals surface area (Å²) in [6.45, 7) is 5.60. The van der Waals surface area contributed by atoms with E-state index in [4.69, 9.17) is 9.47 Å². The van der Waals surface area contributed by atoms with Gasteiger partial charge in [-0.05, 0) is 62.7 Å². The van der Waals surface area contributed by atoms with Gasteiger partial charge in [0.25, 0.3) is 5.91 Å². The van der Waals surface area contributed by atoms with Gasteiger partial charge in [0, 0.05) is 37.3 Å². The number of methoxy groups -OCH3 is 1. The van der Waals surface area contributed by atoms with E-state index in [9.17, 15) is 14.7 Å². The number of amides is 3. The van der Waals surface area contributed by atoms with Crippen LogP contribution in [0.4, 0.5) is 10.5 Å². The molecule has 1 aliphatic heterocycles. The van der Waals surface area contributed by atoms with E-state index in [1.807, 2.05) is 19.1 Å². The number of hydrogen-bond acceptors (Lipinski definition) is 6. The van der Waals surface area contributed by atoms with Crippen molar-refractivity contribution in [1.82, 2.24) is 15.1 Å². The quantitative estimate of drug-likeness (QED) is 0.423. The van der Waals surface area contributed by atoms with Crippen molar-refractivity contribution in [3.8, 4) is 11.5 Å². The highest BCUT2D eigenvalue weighted by molar-refractivity contribution is 5.99. The Hall–Kier alpha value is -3.30. The number of nitrogens with one attached hydrogen (secondary N) is 2. The molecule has 1 saturated carbocycles. The smallest absolute Gasteiger partial charge is 0.319 e. The minimum Gasteiger partial charge on any atom is -0.497 e. The predicted molar refractivity (Wildman–Crippen MR) is 156 cm³/mol. The lowest BCUT2D eigenvalue weighted by molar-refractivity contribution is 0.0341. The van der Waals surface area contributed by atoms with E-state index < -0.39 is 0 Å². The van der Waals surface area contributed by atoms with Gasteiger partial charge in [0.1, 0.15) is 17.6 Å². The van der Waals surface area contributed by atoms with Crippen LogP contribution in [0, 0.1) is 5.92 Å². The van der Waals surface area contributed by atoms with Gasteiger partial charge in [-0.3, -0.25) is 9.69 Å². The molecule has 218 valence electrons. The molecule has 0 spiro atoms. The molecule has 40 heavy (non-hydrogen) atoms. The molecule has 2 aromatic carbocycles. The largest absolute Gasteiger partial charge is 0.497 e. The van der Waals surface area contributed by atoms with E-state index in [1.165, 1.54) is 6.42 Å². The van der Waals surface area contributed by atoms with Crippen molar-refractivity contribution in [3.63, 3.8) is 0 Å². The molecule has 9 nitrogen and oxygen atoms in total. The molecule has 1 aliphatic carbocycles. The molecule has 1 fully saturated rings. The lowest BCUT2D eigenvalue weighted by Crippen LogP contribution is -2.49. The van der Waals surface area contributed by atoms with Gasteiger partial charge in [0.2, 0.25) is 0 Å². The molecule has 0 aromatic heterocycles. The van der Waals surface area contributed by atoms with Crippen LogP contribution in [0.1, 0.15) is 61.9 Å². The van der Waals surface area contributed by atoms with Crippen molar-refractivity contribution < 1.29 is 24.2 Å². The number of nitrogens with zero attached hydrogens (tertiary/aromatic N) is 2. The van der Waals surface area contributed by atoms with Gasteiger partial charge < -0.3 is 30.1 Å². The van der Waals surface area contributed by atoms with Gasteiger partial charge in [-0.2, -0.15) is 0 Å². The molecule has 2 aromatic rings. The highest BCUT2D eigenvalue weighted by Crippen LogP contribution is 2.31. The molecule has 1 heterocycles. The second-order valence-corrected chi connectivity index (χ2v) is 11.3. The number of carbonyl (C=O) groups excluding carboxylic acids is 2. The van der Waals surface area contributed by atoms with Crippen LogP contribution in [0.15, 0.2) is 42.5 Å². The molecule has 0 saturated heterocycles. The Morgan fingerprint density at radius 2 is 1.90 bits per heavy atom. The van der Waals surface area contributed by atoms with E-state index in [-0.39, 0.29) is 42.7 Å². The van der Waals surface area contributed by atoms with Crippen molar-refractivity contribution in [2.45, 2.75) is 70.7 Å². The third-order valence-electron chi connectivity index (χ3n) is 7.97. The van der Waals surface area contributed by atoms with E-state index in [1.54, 1.807) is 30.2 Å². The second-order valence-electron chi connectivity index (χ2n) is 11.3. The Labute approximate surface area is 237 Å². The fourth-order valence-electron chi connectivity index (χ4n) is 5.53. The number of ether oxygens (including phenoxy) is 2. The zero-order valence-corrected chi connectivity index (χ0v) is 24.2. The number of carbonyl (C=O) groups is 2. The number of rotatable bonds is 9. The Morgan fingerprint density at radius 1 is 1.18 bits per heavy atom. The van der Waals surface area contributed by atoms with Crippen LogP contribution >= 0.6 is 0 Å². The maximum Gasteiger partial charge on any atom is 0.319 e. The molecule has 9 heteroatoms. The summed E-state index contributed by atoms with van der Waals surface area (Å²) in [4.78, 5) is 30.3. The van der Waals surface area contributed by atoms with Gasteiger partial charge in [0.05, 0.1) is 25.3 Å². The molecular weight excluding hydrogens is 508 g/mol. The lowest BCUT2D eigenvalue weighted by Gasteiger charge is -2.38. The first kappa shape index (κ1) is 29.7. The van der Waals surface area contributed by atoms with Gasteiger partial charge >= 0.3 is 6.03 Å². The third-order valence-corrected chi connectivity index (χ3v) is 7.97. The van der Waals surface area contributed by atoms with Crippen LogP contribution in [0.25, 0.3) is 0 Å². The fraction of sp³-hybridized carbons (Fsp3) is 0.548. The Morgan fingerprint density at radius 3 is 2.58 bits per heavy atom. The first-order valence-electron chi connectivity index (χ1n) is 14.4. The zero-order valence-electron chi connectivity index (χ0n) is 24.2. The average molecular weight is 553 g/mol. The third kappa shape index (κ3) is 7.67. The summed E-state index contributed by atoms with van der Waals surface area (Å²) in [5, 5.41) is 15.9. The van der Waals surface area contributed by atoms with Gasteiger partial charge in [0.15, 0.2) is 0 Å². The summed E-state index contributed by atoms with van der Waals surface area (Å²) in [5.74, 6) is 1.10. The maximum atomic E-state index is 13.7. The summed E-state index contributed by atoms with van der Waals surface area (Å²) in [7, 11) is 3.71. The number of anilines is 1. The van der Waals surface area contributed by atoms with Crippen LogP contribution in [-0.4, -0.2) is 78.9 Å². The molecule has 3 N–H and O–H groups in total. The highest BCUT2D eigenvalue weighted by Gasteiger charge is 2.33. The standard InChI is InChI=1S/C31H44N4O5/c1-21-17-35(22(2)20-36)30(37)27-16-25(33-31(38)32-24-8-6-5-7-9-24)12-15-28(27)40-29(21)19-34(3)18-23-10-13-26(39-4)14-11-23/h10-16,21-22,24,29,36H,5-9,17-20H2,1-4H3,(H2,32,33,38)/t21-,22-,29-/m0/s1. The van der Waals surface area contributed by atoms with Crippen LogP contribution in [0.2, 0.25) is 0 Å². The summed E-state index contributed by atoms with van der Waals surface area (Å²) >= 11 is 0. The number of urea groups is 1. The number of benzene rings is 2. The predicted octanol–water partition coefficient (Wildman–Crippen LogP) is 4.50. The van der Waals surface area contributed by atoms with E-state index in [0.717, 1.165) is 43.5 Å².